The van der Waals surface area contributed by atoms with Crippen LogP contribution < -0.4 is 5.32 Å². The van der Waals surface area contributed by atoms with E-state index in [0.29, 0.717) is 19.0 Å². The van der Waals surface area contributed by atoms with E-state index in [9.17, 15) is 4.79 Å². The average molecular weight is 369 g/mol. The van der Waals surface area contributed by atoms with Gasteiger partial charge in [-0.3, -0.25) is 0 Å². The number of ether oxygens (including phenoxy) is 1. The molecule has 0 aliphatic carbocycles. The number of rotatable bonds is 4. The second-order valence-electron chi connectivity index (χ2n) is 7.32. The van der Waals surface area contributed by atoms with Gasteiger partial charge in [-0.1, -0.05) is 30.3 Å². The van der Waals surface area contributed by atoms with Gasteiger partial charge in [-0.2, -0.15) is 0 Å². The molecule has 2 aliphatic heterocycles. The smallest absolute Gasteiger partial charge is 0.317 e. The van der Waals surface area contributed by atoms with Crippen molar-refractivity contribution >= 4 is 6.03 Å². The van der Waals surface area contributed by atoms with Crippen LogP contribution >= 0.6 is 0 Å². The summed E-state index contributed by atoms with van der Waals surface area (Å²) in [6, 6.07) is 10.2. The zero-order chi connectivity index (χ0) is 18.6. The van der Waals surface area contributed by atoms with E-state index >= 15 is 0 Å². The molecule has 27 heavy (non-hydrogen) atoms. The van der Waals surface area contributed by atoms with Crippen LogP contribution in [-0.2, 0) is 17.7 Å². The molecule has 7 heteroatoms. The molecular formula is C20H27N5O2. The topological polar surface area (TPSA) is 72.3 Å². The Hall–Kier alpha value is -2.41. The molecule has 4 rings (SSSR count). The summed E-state index contributed by atoms with van der Waals surface area (Å²) in [6.07, 6.45) is 3.75. The molecule has 0 spiro atoms. The van der Waals surface area contributed by atoms with Gasteiger partial charge in [0.05, 0.1) is 17.9 Å². The molecule has 2 aliphatic rings. The van der Waals surface area contributed by atoms with Crippen LogP contribution in [0.1, 0.15) is 37.6 Å². The molecule has 0 saturated carbocycles. The Balaban J connectivity index is 1.42. The predicted molar refractivity (Wildman–Crippen MR) is 102 cm³/mol. The van der Waals surface area contributed by atoms with E-state index in [1.165, 1.54) is 0 Å². The predicted octanol–water partition coefficient (Wildman–Crippen LogP) is 2.54. The van der Waals surface area contributed by atoms with Crippen LogP contribution in [0, 0.1) is 5.92 Å². The van der Waals surface area contributed by atoms with Gasteiger partial charge in [-0.25, -0.2) is 9.48 Å². The summed E-state index contributed by atoms with van der Waals surface area (Å²) in [5.41, 5.74) is 3.00. The number of hydrogen-bond donors (Lipinski definition) is 1. The van der Waals surface area contributed by atoms with Crippen molar-refractivity contribution < 1.29 is 9.53 Å². The highest BCUT2D eigenvalue weighted by molar-refractivity contribution is 5.74. The Morgan fingerprint density at radius 2 is 2.07 bits per heavy atom. The highest BCUT2D eigenvalue weighted by Crippen LogP contribution is 2.23. The van der Waals surface area contributed by atoms with Gasteiger partial charge in [0.1, 0.15) is 5.69 Å². The summed E-state index contributed by atoms with van der Waals surface area (Å²) >= 11 is 0. The number of aromatic nitrogens is 3. The minimum absolute atomic E-state index is 0.00764. The van der Waals surface area contributed by atoms with E-state index in [0.717, 1.165) is 56.0 Å². The number of nitrogens with zero attached hydrogens (tertiary/aromatic N) is 4. The first-order chi connectivity index (χ1) is 13.3. The van der Waals surface area contributed by atoms with Crippen molar-refractivity contribution in [3.8, 4) is 5.69 Å². The third-order valence-electron chi connectivity index (χ3n) is 5.67. The van der Waals surface area contributed by atoms with Gasteiger partial charge in [0.2, 0.25) is 0 Å². The van der Waals surface area contributed by atoms with Gasteiger partial charge in [0.15, 0.2) is 0 Å². The Bertz CT molecular complexity index is 770. The fraction of sp³-hybridized carbons (Fsp3) is 0.550. The van der Waals surface area contributed by atoms with Gasteiger partial charge < -0.3 is 15.0 Å². The van der Waals surface area contributed by atoms with Crippen LogP contribution in [0.2, 0.25) is 0 Å². The number of hydrogen-bond acceptors (Lipinski definition) is 4. The first-order valence-corrected chi connectivity index (χ1v) is 9.88. The van der Waals surface area contributed by atoms with Crippen LogP contribution in [-0.4, -0.2) is 51.7 Å². The van der Waals surface area contributed by atoms with E-state index in [-0.39, 0.29) is 12.1 Å². The third kappa shape index (κ3) is 3.83. The molecule has 0 bridgehead atoms. The minimum atomic E-state index is 0.00764. The quantitative estimate of drug-likeness (QED) is 0.899. The van der Waals surface area contributed by atoms with Crippen molar-refractivity contribution in [3.05, 3.63) is 41.7 Å². The van der Waals surface area contributed by atoms with Crippen molar-refractivity contribution in [2.75, 3.05) is 19.8 Å². The summed E-state index contributed by atoms with van der Waals surface area (Å²) in [5.74, 6) is 0.506. The Kier molecular flexibility index (Phi) is 5.38. The van der Waals surface area contributed by atoms with Crippen molar-refractivity contribution in [2.45, 2.75) is 45.2 Å². The maximum Gasteiger partial charge on any atom is 0.317 e. The Morgan fingerprint density at radius 1 is 1.30 bits per heavy atom. The number of nitrogens with one attached hydrogen (secondary N) is 1. The standard InChI is InChI=1S/C20H27N5O2/c1-2-17(15-9-12-27-13-10-15)21-20(26)24-11-8-19-18(14-24)22-23-25(19)16-6-4-3-5-7-16/h3-7,15,17H,2,8-14H2,1H3,(H,21,26). The molecular weight excluding hydrogens is 342 g/mol. The second-order valence-corrected chi connectivity index (χ2v) is 7.32. The third-order valence-corrected chi connectivity index (χ3v) is 5.67. The van der Waals surface area contributed by atoms with Crippen LogP contribution in [0.3, 0.4) is 0 Å². The summed E-state index contributed by atoms with van der Waals surface area (Å²) < 4.78 is 7.34. The highest BCUT2D eigenvalue weighted by Gasteiger charge is 2.29. The molecule has 144 valence electrons. The zero-order valence-corrected chi connectivity index (χ0v) is 15.8. The normalized spacial score (nSPS) is 18.8. The number of amides is 2. The highest BCUT2D eigenvalue weighted by atomic mass is 16.5. The van der Waals surface area contributed by atoms with Crippen LogP contribution in [0.25, 0.3) is 5.69 Å². The Morgan fingerprint density at radius 3 is 2.81 bits per heavy atom. The van der Waals surface area contributed by atoms with Crippen molar-refractivity contribution in [1.29, 1.82) is 0 Å². The van der Waals surface area contributed by atoms with Crippen molar-refractivity contribution in [1.82, 2.24) is 25.2 Å². The first kappa shape index (κ1) is 18.0. The fourth-order valence-corrected chi connectivity index (χ4v) is 4.08. The number of para-hydroxylation sites is 1. The van der Waals surface area contributed by atoms with Crippen LogP contribution in [0.15, 0.2) is 30.3 Å². The van der Waals surface area contributed by atoms with Gasteiger partial charge >= 0.3 is 6.03 Å². The van der Waals surface area contributed by atoms with E-state index in [1.807, 2.05) is 39.9 Å². The minimum Gasteiger partial charge on any atom is -0.381 e. The maximum atomic E-state index is 12.8. The molecule has 1 unspecified atom stereocenters. The zero-order valence-electron chi connectivity index (χ0n) is 15.8. The lowest BCUT2D eigenvalue weighted by Gasteiger charge is -2.33. The molecule has 1 fully saturated rings. The number of carbonyl (C=O) groups is 1. The molecule has 2 amide bonds. The van der Waals surface area contributed by atoms with Gasteiger partial charge in [-0.05, 0) is 37.3 Å². The monoisotopic (exact) mass is 369 g/mol. The second kappa shape index (κ2) is 8.08. The van der Waals surface area contributed by atoms with Gasteiger partial charge in [-0.15, -0.1) is 5.10 Å². The summed E-state index contributed by atoms with van der Waals surface area (Å²) in [5, 5.41) is 11.9. The summed E-state index contributed by atoms with van der Waals surface area (Å²) in [6.45, 7) is 4.93. The number of urea groups is 1. The first-order valence-electron chi connectivity index (χ1n) is 9.88. The van der Waals surface area contributed by atoms with E-state index < -0.39 is 0 Å². The average Bonchev–Trinajstić information content (AvgIpc) is 3.16. The SMILES string of the molecule is CCC(NC(=O)N1CCc2c(nnn2-c2ccccc2)C1)C1CCOCC1. The van der Waals surface area contributed by atoms with Crippen molar-refractivity contribution in [2.24, 2.45) is 5.92 Å². The van der Waals surface area contributed by atoms with Gasteiger partial charge in [0.25, 0.3) is 0 Å². The molecule has 1 atom stereocenters. The van der Waals surface area contributed by atoms with Crippen LogP contribution in [0.4, 0.5) is 4.79 Å². The molecule has 1 aromatic heterocycles. The molecule has 1 saturated heterocycles. The summed E-state index contributed by atoms with van der Waals surface area (Å²) in [4.78, 5) is 14.7. The Labute approximate surface area is 159 Å². The molecule has 0 radical (unpaired) electrons. The van der Waals surface area contributed by atoms with Crippen molar-refractivity contribution in [3.63, 3.8) is 0 Å². The van der Waals surface area contributed by atoms with E-state index in [2.05, 4.69) is 22.6 Å². The maximum absolute atomic E-state index is 12.8. The molecule has 1 aromatic carbocycles. The molecule has 3 heterocycles. The lowest BCUT2D eigenvalue weighted by molar-refractivity contribution is 0.0534. The van der Waals surface area contributed by atoms with E-state index in [4.69, 9.17) is 4.74 Å². The molecule has 1 N–H and O–H groups in total. The molecule has 7 nitrogen and oxygen atoms in total. The van der Waals surface area contributed by atoms with E-state index in [1.54, 1.807) is 0 Å². The number of carbonyl (C=O) groups excluding carboxylic acids is 1. The number of benzene rings is 1. The largest absolute Gasteiger partial charge is 0.381 e. The fourth-order valence-electron chi connectivity index (χ4n) is 4.08. The molecule has 2 aromatic rings. The number of fused-ring (bicyclic) bond motifs is 1. The lowest BCUT2D eigenvalue weighted by Crippen LogP contribution is -2.49. The van der Waals surface area contributed by atoms with Gasteiger partial charge in [0, 0.05) is 32.2 Å². The van der Waals surface area contributed by atoms with Crippen LogP contribution in [0.5, 0.6) is 0 Å². The summed E-state index contributed by atoms with van der Waals surface area (Å²) in [7, 11) is 0. The lowest BCUT2D eigenvalue weighted by atomic mass is 9.90.